The van der Waals surface area contributed by atoms with Crippen LogP contribution in [-0.2, 0) is 0 Å². The van der Waals surface area contributed by atoms with Gasteiger partial charge in [-0.1, -0.05) is 47.0 Å². The van der Waals surface area contributed by atoms with Gasteiger partial charge in [-0.05, 0) is 43.4 Å². The van der Waals surface area contributed by atoms with E-state index in [9.17, 15) is 5.11 Å². The van der Waals surface area contributed by atoms with Gasteiger partial charge in [-0.2, -0.15) is 0 Å². The van der Waals surface area contributed by atoms with Gasteiger partial charge in [0.1, 0.15) is 0 Å². The molecular weight excluding hydrogens is 196 g/mol. The minimum Gasteiger partial charge on any atom is -0.390 e. The van der Waals surface area contributed by atoms with Crippen molar-refractivity contribution in [3.8, 4) is 0 Å². The van der Waals surface area contributed by atoms with Crippen molar-refractivity contribution in [2.45, 2.75) is 84.7 Å². The highest BCUT2D eigenvalue weighted by Crippen LogP contribution is 2.41. The molecule has 1 nitrogen and oxygen atoms in total. The van der Waals surface area contributed by atoms with Gasteiger partial charge in [-0.3, -0.25) is 0 Å². The van der Waals surface area contributed by atoms with Crippen LogP contribution in [0.2, 0.25) is 0 Å². The molecule has 2 atom stereocenters. The Morgan fingerprint density at radius 3 is 2.44 bits per heavy atom. The molecule has 1 fully saturated rings. The van der Waals surface area contributed by atoms with Gasteiger partial charge in [0.05, 0.1) is 5.60 Å². The van der Waals surface area contributed by atoms with Gasteiger partial charge < -0.3 is 5.11 Å². The Morgan fingerprint density at radius 1 is 1.19 bits per heavy atom. The predicted octanol–water partition coefficient (Wildman–Crippen LogP) is 4.53. The first-order valence-corrected chi connectivity index (χ1v) is 7.10. The van der Waals surface area contributed by atoms with E-state index in [1.54, 1.807) is 0 Å². The van der Waals surface area contributed by atoms with Crippen molar-refractivity contribution >= 4 is 0 Å². The van der Waals surface area contributed by atoms with Crippen LogP contribution in [0.15, 0.2) is 0 Å². The lowest BCUT2D eigenvalue weighted by Crippen LogP contribution is -2.28. The highest BCUT2D eigenvalue weighted by atomic mass is 16.3. The zero-order valence-corrected chi connectivity index (χ0v) is 11.7. The van der Waals surface area contributed by atoms with E-state index in [4.69, 9.17) is 0 Å². The summed E-state index contributed by atoms with van der Waals surface area (Å²) in [6.07, 6.45) is 9.17. The molecule has 1 aliphatic carbocycles. The van der Waals surface area contributed by atoms with Crippen molar-refractivity contribution in [1.29, 1.82) is 0 Å². The SMILES string of the molecule is CCCCC1(O)CCCC(C(C)(C)C)CC1. The van der Waals surface area contributed by atoms with Crippen LogP contribution in [0.4, 0.5) is 0 Å². The van der Waals surface area contributed by atoms with Crippen molar-refractivity contribution < 1.29 is 5.11 Å². The molecule has 0 saturated heterocycles. The Morgan fingerprint density at radius 2 is 1.88 bits per heavy atom. The van der Waals surface area contributed by atoms with Gasteiger partial charge in [0.15, 0.2) is 0 Å². The van der Waals surface area contributed by atoms with Crippen LogP contribution < -0.4 is 0 Å². The average molecular weight is 226 g/mol. The summed E-state index contributed by atoms with van der Waals surface area (Å²) in [6.45, 7) is 9.23. The first-order valence-electron chi connectivity index (χ1n) is 7.10. The van der Waals surface area contributed by atoms with E-state index < -0.39 is 0 Å². The maximum Gasteiger partial charge on any atom is 0.0648 e. The molecule has 0 heterocycles. The number of aliphatic hydroxyl groups is 1. The minimum atomic E-state index is -0.337. The molecule has 96 valence electrons. The molecule has 0 spiro atoms. The molecule has 2 unspecified atom stereocenters. The van der Waals surface area contributed by atoms with Crippen molar-refractivity contribution in [3.63, 3.8) is 0 Å². The monoisotopic (exact) mass is 226 g/mol. The van der Waals surface area contributed by atoms with Crippen molar-refractivity contribution in [2.75, 3.05) is 0 Å². The highest BCUT2D eigenvalue weighted by Gasteiger charge is 2.33. The molecule has 0 amide bonds. The van der Waals surface area contributed by atoms with Gasteiger partial charge in [0.2, 0.25) is 0 Å². The smallest absolute Gasteiger partial charge is 0.0648 e. The summed E-state index contributed by atoms with van der Waals surface area (Å²) in [7, 11) is 0. The van der Waals surface area contributed by atoms with Crippen molar-refractivity contribution in [3.05, 3.63) is 0 Å². The first-order chi connectivity index (χ1) is 7.37. The Balaban J connectivity index is 2.51. The topological polar surface area (TPSA) is 20.2 Å². The van der Waals surface area contributed by atoms with Crippen LogP contribution in [-0.4, -0.2) is 10.7 Å². The maximum atomic E-state index is 10.6. The summed E-state index contributed by atoms with van der Waals surface area (Å²) >= 11 is 0. The fourth-order valence-corrected chi connectivity index (χ4v) is 3.01. The Hall–Kier alpha value is -0.0400. The van der Waals surface area contributed by atoms with Gasteiger partial charge in [0.25, 0.3) is 0 Å². The zero-order chi connectivity index (χ0) is 12.2. The molecule has 0 aromatic carbocycles. The molecule has 0 radical (unpaired) electrons. The molecule has 1 saturated carbocycles. The van der Waals surface area contributed by atoms with E-state index in [0.29, 0.717) is 5.41 Å². The van der Waals surface area contributed by atoms with Gasteiger partial charge in [0, 0.05) is 0 Å². The molecule has 1 N–H and O–H groups in total. The van der Waals surface area contributed by atoms with E-state index in [-0.39, 0.29) is 5.60 Å². The average Bonchev–Trinajstić information content (AvgIpc) is 2.37. The number of hydrogen-bond donors (Lipinski definition) is 1. The largest absolute Gasteiger partial charge is 0.390 e. The van der Waals surface area contributed by atoms with E-state index in [1.165, 1.54) is 32.1 Å². The van der Waals surface area contributed by atoms with E-state index in [0.717, 1.165) is 25.2 Å². The molecule has 1 heteroatoms. The lowest BCUT2D eigenvalue weighted by Gasteiger charge is -2.31. The molecule has 0 aliphatic heterocycles. The summed E-state index contributed by atoms with van der Waals surface area (Å²) in [5.41, 5.74) is 0.0754. The van der Waals surface area contributed by atoms with Crippen molar-refractivity contribution in [1.82, 2.24) is 0 Å². The fourth-order valence-electron chi connectivity index (χ4n) is 3.01. The molecule has 0 aromatic rings. The Kier molecular flexibility index (Phi) is 4.85. The molecule has 0 aromatic heterocycles. The summed E-state index contributed by atoms with van der Waals surface area (Å²) in [6, 6.07) is 0. The predicted molar refractivity (Wildman–Crippen MR) is 70.5 cm³/mol. The van der Waals surface area contributed by atoms with E-state index in [2.05, 4.69) is 27.7 Å². The number of rotatable bonds is 3. The number of unbranched alkanes of at least 4 members (excludes halogenated alkanes) is 1. The van der Waals surface area contributed by atoms with Crippen LogP contribution in [0.25, 0.3) is 0 Å². The standard InChI is InChI=1S/C15H30O/c1-5-6-10-15(16)11-7-8-13(9-12-15)14(2,3)4/h13,16H,5-12H2,1-4H3. The maximum absolute atomic E-state index is 10.6. The fraction of sp³-hybridized carbons (Fsp3) is 1.00. The second-order valence-corrected chi connectivity index (χ2v) is 6.82. The molecule has 0 bridgehead atoms. The van der Waals surface area contributed by atoms with Gasteiger partial charge in [-0.15, -0.1) is 0 Å². The van der Waals surface area contributed by atoms with E-state index in [1.807, 2.05) is 0 Å². The first kappa shape index (κ1) is 14.0. The normalized spacial score (nSPS) is 32.4. The third kappa shape index (κ3) is 4.08. The van der Waals surface area contributed by atoms with E-state index >= 15 is 0 Å². The van der Waals surface area contributed by atoms with Crippen LogP contribution in [0.5, 0.6) is 0 Å². The third-order valence-corrected chi connectivity index (χ3v) is 4.37. The van der Waals surface area contributed by atoms with Gasteiger partial charge >= 0.3 is 0 Å². The molecule has 1 aliphatic rings. The van der Waals surface area contributed by atoms with Crippen LogP contribution in [0.1, 0.15) is 79.1 Å². The van der Waals surface area contributed by atoms with Crippen LogP contribution in [0, 0.1) is 11.3 Å². The molecule has 1 rings (SSSR count). The Labute approximate surface area is 102 Å². The second-order valence-electron chi connectivity index (χ2n) is 6.82. The summed E-state index contributed by atoms with van der Waals surface area (Å²) in [5, 5.41) is 10.6. The molecular formula is C15H30O. The summed E-state index contributed by atoms with van der Waals surface area (Å²) < 4.78 is 0. The van der Waals surface area contributed by atoms with Crippen molar-refractivity contribution in [2.24, 2.45) is 11.3 Å². The number of hydrogen-bond acceptors (Lipinski definition) is 1. The highest BCUT2D eigenvalue weighted by molar-refractivity contribution is 4.86. The third-order valence-electron chi connectivity index (χ3n) is 4.37. The minimum absolute atomic E-state index is 0.337. The van der Waals surface area contributed by atoms with Crippen LogP contribution >= 0.6 is 0 Å². The molecule has 16 heavy (non-hydrogen) atoms. The summed E-state index contributed by atoms with van der Waals surface area (Å²) in [5.74, 6) is 0.795. The lowest BCUT2D eigenvalue weighted by atomic mass is 9.76. The van der Waals surface area contributed by atoms with Gasteiger partial charge in [-0.25, -0.2) is 0 Å². The zero-order valence-electron chi connectivity index (χ0n) is 11.7. The second kappa shape index (κ2) is 5.53. The Bertz CT molecular complexity index is 204. The lowest BCUT2D eigenvalue weighted by molar-refractivity contribution is 0.0119. The quantitative estimate of drug-likeness (QED) is 0.701. The van der Waals surface area contributed by atoms with Crippen LogP contribution in [0.3, 0.4) is 0 Å². The summed E-state index contributed by atoms with van der Waals surface area (Å²) in [4.78, 5) is 0.